The topological polar surface area (TPSA) is 149 Å². The van der Waals surface area contributed by atoms with Crippen LogP contribution in [0.3, 0.4) is 0 Å². The van der Waals surface area contributed by atoms with Gasteiger partial charge in [0.2, 0.25) is 5.96 Å². The highest BCUT2D eigenvalue weighted by atomic mass is 127. The number of fused-ring (bicyclic) bond motifs is 1. The van der Waals surface area contributed by atoms with Gasteiger partial charge < -0.3 is 16.8 Å². The van der Waals surface area contributed by atoms with Gasteiger partial charge in [-0.1, -0.05) is 6.07 Å². The molecule has 0 saturated carbocycles. The van der Waals surface area contributed by atoms with Gasteiger partial charge in [0.15, 0.2) is 6.19 Å². The summed E-state index contributed by atoms with van der Waals surface area (Å²) < 4.78 is 14.1. The molecular formula is C15H10FIN8. The first-order valence-electron chi connectivity index (χ1n) is 6.90. The summed E-state index contributed by atoms with van der Waals surface area (Å²) in [6.07, 6.45) is 1.77. The molecule has 0 spiro atoms. The number of nitriles is 2. The normalized spacial score (nSPS) is 15.2. The van der Waals surface area contributed by atoms with Crippen molar-refractivity contribution in [2.24, 2.45) is 4.99 Å². The monoisotopic (exact) mass is 448 g/mol. The number of halogens is 2. The summed E-state index contributed by atoms with van der Waals surface area (Å²) in [5, 5.41) is 23.4. The van der Waals surface area contributed by atoms with Crippen molar-refractivity contribution in [3.8, 4) is 12.3 Å². The lowest BCUT2D eigenvalue weighted by molar-refractivity contribution is 0.625. The van der Waals surface area contributed by atoms with E-state index < -0.39 is 6.04 Å². The van der Waals surface area contributed by atoms with Crippen LogP contribution in [0.1, 0.15) is 22.7 Å². The fraction of sp³-hybridized carbons (Fsp3) is 0.0667. The number of nitrogen functional groups attached to an aromatic ring is 2. The molecule has 25 heavy (non-hydrogen) atoms. The van der Waals surface area contributed by atoms with E-state index in [0.717, 1.165) is 0 Å². The van der Waals surface area contributed by atoms with E-state index in [9.17, 15) is 9.65 Å². The highest BCUT2D eigenvalue weighted by Crippen LogP contribution is 2.41. The van der Waals surface area contributed by atoms with Crippen molar-refractivity contribution in [3.05, 3.63) is 44.3 Å². The zero-order valence-corrected chi connectivity index (χ0v) is 14.7. The first kappa shape index (κ1) is 16.7. The smallest absolute Gasteiger partial charge is 0.211 e. The van der Waals surface area contributed by atoms with E-state index in [-0.39, 0.29) is 34.7 Å². The molecule has 1 aliphatic heterocycles. The van der Waals surface area contributed by atoms with Gasteiger partial charge in [-0.3, -0.25) is 5.32 Å². The molecule has 8 nitrogen and oxygen atoms in total. The molecule has 1 aromatic carbocycles. The molecule has 0 radical (unpaired) electrons. The molecule has 0 fully saturated rings. The van der Waals surface area contributed by atoms with Crippen LogP contribution in [0.25, 0.3) is 0 Å². The Hall–Kier alpha value is -3.12. The van der Waals surface area contributed by atoms with Gasteiger partial charge in [0.1, 0.15) is 35.1 Å². The minimum absolute atomic E-state index is 0.0305. The van der Waals surface area contributed by atoms with Gasteiger partial charge >= 0.3 is 0 Å². The third-order valence-corrected chi connectivity index (χ3v) is 4.55. The maximum Gasteiger partial charge on any atom is 0.211 e. The van der Waals surface area contributed by atoms with E-state index in [1.54, 1.807) is 12.3 Å². The minimum Gasteiger partial charge on any atom is -0.397 e. The lowest BCUT2D eigenvalue weighted by Gasteiger charge is -2.26. The Morgan fingerprint density at radius 3 is 2.72 bits per heavy atom. The molecule has 1 aliphatic rings. The maximum absolute atomic E-state index is 13.5. The van der Waals surface area contributed by atoms with Crippen molar-refractivity contribution < 1.29 is 4.39 Å². The second-order valence-electron chi connectivity index (χ2n) is 5.07. The molecule has 0 saturated heterocycles. The number of aromatic nitrogens is 1. The number of guanidine groups is 1. The van der Waals surface area contributed by atoms with Crippen LogP contribution in [0, 0.1) is 32.2 Å². The van der Waals surface area contributed by atoms with Crippen LogP contribution in [-0.4, -0.2) is 10.9 Å². The van der Waals surface area contributed by atoms with Crippen LogP contribution in [0.2, 0.25) is 0 Å². The molecule has 0 amide bonds. The van der Waals surface area contributed by atoms with Gasteiger partial charge in [-0.25, -0.2) is 14.4 Å². The number of anilines is 3. The summed E-state index contributed by atoms with van der Waals surface area (Å²) in [4.78, 5) is 8.57. The Morgan fingerprint density at radius 2 is 2.08 bits per heavy atom. The van der Waals surface area contributed by atoms with Crippen LogP contribution < -0.4 is 22.1 Å². The number of hydrogen-bond donors (Lipinski definition) is 4. The highest BCUT2D eigenvalue weighted by molar-refractivity contribution is 14.1. The number of benzene rings is 1. The van der Waals surface area contributed by atoms with Crippen LogP contribution >= 0.6 is 22.6 Å². The van der Waals surface area contributed by atoms with Gasteiger partial charge in [0, 0.05) is 9.13 Å². The Bertz CT molecular complexity index is 988. The van der Waals surface area contributed by atoms with Crippen LogP contribution in [-0.2, 0) is 0 Å². The quantitative estimate of drug-likeness (QED) is 0.295. The van der Waals surface area contributed by atoms with Crippen molar-refractivity contribution in [2.45, 2.75) is 6.04 Å². The molecule has 1 atom stereocenters. The molecule has 2 aromatic rings. The van der Waals surface area contributed by atoms with E-state index in [2.05, 4.69) is 20.6 Å². The number of rotatable bonds is 1. The lowest BCUT2D eigenvalue weighted by atomic mass is 9.95. The highest BCUT2D eigenvalue weighted by Gasteiger charge is 2.30. The minimum atomic E-state index is -0.681. The summed E-state index contributed by atoms with van der Waals surface area (Å²) >= 11 is 1.99. The summed E-state index contributed by atoms with van der Waals surface area (Å²) in [5.74, 6) is 0.0165. The fourth-order valence-electron chi connectivity index (χ4n) is 2.53. The number of nitrogens with one attached hydrogen (secondary N) is 2. The number of pyridine rings is 1. The molecule has 1 unspecified atom stereocenters. The van der Waals surface area contributed by atoms with Gasteiger partial charge in [-0.15, -0.1) is 0 Å². The van der Waals surface area contributed by atoms with Gasteiger partial charge in [-0.05, 0) is 40.3 Å². The molecule has 124 valence electrons. The average molecular weight is 448 g/mol. The molecule has 0 aliphatic carbocycles. The Labute approximate surface area is 155 Å². The summed E-state index contributed by atoms with van der Waals surface area (Å²) in [6.45, 7) is 0. The molecule has 2 heterocycles. The predicted octanol–water partition coefficient (Wildman–Crippen LogP) is 1.80. The standard InChI is InChI=1S/C15H10FIN8/c16-6-1-2-7(9(17)3-6)12-10-11(20)8(4-18)13(21)24-14(10)25-15(23-12)22-5-19/h1-3,12H,(H6,20,21,22,23,24,25). The second-order valence-corrected chi connectivity index (χ2v) is 6.23. The second kappa shape index (κ2) is 6.41. The molecule has 3 rings (SSSR count). The Morgan fingerprint density at radius 1 is 1.32 bits per heavy atom. The van der Waals surface area contributed by atoms with Crippen LogP contribution in [0.4, 0.5) is 21.7 Å². The first-order valence-corrected chi connectivity index (χ1v) is 7.98. The van der Waals surface area contributed by atoms with Gasteiger partial charge in [-0.2, -0.15) is 10.5 Å². The Balaban J connectivity index is 2.28. The fourth-order valence-corrected chi connectivity index (χ4v) is 3.30. The third kappa shape index (κ3) is 2.88. The van der Waals surface area contributed by atoms with Crippen LogP contribution in [0.5, 0.6) is 0 Å². The van der Waals surface area contributed by atoms with Crippen molar-refractivity contribution in [3.63, 3.8) is 0 Å². The average Bonchev–Trinajstić information content (AvgIpc) is 2.54. The van der Waals surface area contributed by atoms with Crippen LogP contribution in [0.15, 0.2) is 23.2 Å². The third-order valence-electron chi connectivity index (χ3n) is 3.61. The summed E-state index contributed by atoms with van der Waals surface area (Å²) in [7, 11) is 0. The van der Waals surface area contributed by atoms with Crippen molar-refractivity contribution >= 4 is 45.9 Å². The number of nitrogens with two attached hydrogens (primary N) is 2. The molecular weight excluding hydrogens is 438 g/mol. The van der Waals surface area contributed by atoms with Gasteiger partial charge in [0.25, 0.3) is 0 Å². The van der Waals surface area contributed by atoms with Gasteiger partial charge in [0.05, 0.1) is 5.69 Å². The van der Waals surface area contributed by atoms with Crippen molar-refractivity contribution in [2.75, 3.05) is 16.8 Å². The van der Waals surface area contributed by atoms with E-state index in [1.165, 1.54) is 12.1 Å². The van der Waals surface area contributed by atoms with Crippen molar-refractivity contribution in [1.29, 1.82) is 10.5 Å². The zero-order chi connectivity index (χ0) is 18.1. The Kier molecular flexibility index (Phi) is 4.29. The first-order chi connectivity index (χ1) is 12.0. The molecule has 0 bridgehead atoms. The molecule has 6 N–H and O–H groups in total. The summed E-state index contributed by atoms with van der Waals surface area (Å²) in [5.41, 5.74) is 13.2. The lowest BCUT2D eigenvalue weighted by Crippen LogP contribution is -2.33. The van der Waals surface area contributed by atoms with E-state index in [0.29, 0.717) is 14.7 Å². The zero-order valence-electron chi connectivity index (χ0n) is 12.5. The molecule has 10 heteroatoms. The predicted molar refractivity (Wildman–Crippen MR) is 98.5 cm³/mol. The largest absolute Gasteiger partial charge is 0.397 e. The van der Waals surface area contributed by atoms with Crippen molar-refractivity contribution in [1.82, 2.24) is 10.3 Å². The van der Waals surface area contributed by atoms with E-state index in [1.807, 2.05) is 28.7 Å². The van der Waals surface area contributed by atoms with E-state index in [4.69, 9.17) is 16.7 Å². The SMILES string of the molecule is N#CNC1=NC(c2ccc(F)cc2I)c2c(nc(N)c(C#N)c2N)N1. The summed E-state index contributed by atoms with van der Waals surface area (Å²) in [6, 6.07) is 5.48. The molecule has 1 aromatic heterocycles. The number of nitrogens with zero attached hydrogens (tertiary/aromatic N) is 4. The maximum atomic E-state index is 13.5. The van der Waals surface area contributed by atoms with E-state index >= 15 is 0 Å². The number of aliphatic imine (C=N–C) groups is 1. The number of hydrogen-bond acceptors (Lipinski definition) is 8.